The SMILES string of the molecule is O=C(CCC1CCCCC1)N1CCCN(C(=O)C(F)(F)F)CC1. The second-order valence-electron chi connectivity index (χ2n) is 6.57. The van der Waals surface area contributed by atoms with E-state index in [-0.39, 0.29) is 25.5 Å². The molecule has 1 heterocycles. The van der Waals surface area contributed by atoms with Gasteiger partial charge in [-0.25, -0.2) is 0 Å². The minimum atomic E-state index is -4.83. The van der Waals surface area contributed by atoms with Crippen LogP contribution in [0.2, 0.25) is 0 Å². The standard InChI is InChI=1S/C16H25F3N2O2/c17-16(18,19)15(23)21-10-4-9-20(11-12-21)14(22)8-7-13-5-2-1-3-6-13/h13H,1-12H2. The summed E-state index contributed by atoms with van der Waals surface area (Å²) < 4.78 is 37.4. The van der Waals surface area contributed by atoms with Crippen molar-refractivity contribution >= 4 is 11.8 Å². The van der Waals surface area contributed by atoms with Crippen LogP contribution >= 0.6 is 0 Å². The van der Waals surface area contributed by atoms with Crippen molar-refractivity contribution in [3.8, 4) is 0 Å². The summed E-state index contributed by atoms with van der Waals surface area (Å²) in [5.41, 5.74) is 0. The summed E-state index contributed by atoms with van der Waals surface area (Å²) in [7, 11) is 0. The highest BCUT2D eigenvalue weighted by molar-refractivity contribution is 5.82. The fourth-order valence-corrected chi connectivity index (χ4v) is 3.51. The minimum Gasteiger partial charge on any atom is -0.341 e. The molecule has 2 rings (SSSR count). The molecule has 0 unspecified atom stereocenters. The molecule has 0 bridgehead atoms. The smallest absolute Gasteiger partial charge is 0.341 e. The first-order chi connectivity index (χ1) is 10.9. The number of carbonyl (C=O) groups excluding carboxylic acids is 2. The van der Waals surface area contributed by atoms with Crippen molar-refractivity contribution in [3.63, 3.8) is 0 Å². The van der Waals surface area contributed by atoms with E-state index >= 15 is 0 Å². The summed E-state index contributed by atoms with van der Waals surface area (Å²) in [4.78, 5) is 26.0. The van der Waals surface area contributed by atoms with Gasteiger partial charge >= 0.3 is 12.1 Å². The predicted octanol–water partition coefficient (Wildman–Crippen LogP) is 2.97. The van der Waals surface area contributed by atoms with Crippen molar-refractivity contribution in [2.24, 2.45) is 5.92 Å². The fraction of sp³-hybridized carbons (Fsp3) is 0.875. The fourth-order valence-electron chi connectivity index (χ4n) is 3.51. The maximum atomic E-state index is 12.5. The average molecular weight is 334 g/mol. The Morgan fingerprint density at radius 3 is 2.13 bits per heavy atom. The summed E-state index contributed by atoms with van der Waals surface area (Å²) in [6, 6.07) is 0. The van der Waals surface area contributed by atoms with Crippen molar-refractivity contribution in [3.05, 3.63) is 0 Å². The molecule has 0 radical (unpaired) electrons. The summed E-state index contributed by atoms with van der Waals surface area (Å²) in [6.45, 7) is 0.661. The Hall–Kier alpha value is -1.27. The van der Waals surface area contributed by atoms with E-state index in [9.17, 15) is 22.8 Å². The monoisotopic (exact) mass is 334 g/mol. The van der Waals surface area contributed by atoms with Crippen LogP contribution in [0.5, 0.6) is 0 Å². The molecule has 1 saturated heterocycles. The molecule has 23 heavy (non-hydrogen) atoms. The molecule has 0 atom stereocenters. The highest BCUT2D eigenvalue weighted by Crippen LogP contribution is 2.27. The molecular formula is C16H25F3N2O2. The summed E-state index contributed by atoms with van der Waals surface area (Å²) >= 11 is 0. The maximum Gasteiger partial charge on any atom is 0.471 e. The van der Waals surface area contributed by atoms with E-state index in [1.54, 1.807) is 4.90 Å². The molecule has 1 aliphatic heterocycles. The normalized spacial score (nSPS) is 21.2. The Morgan fingerprint density at radius 1 is 0.870 bits per heavy atom. The zero-order chi connectivity index (χ0) is 16.9. The van der Waals surface area contributed by atoms with Crippen molar-refractivity contribution in [1.82, 2.24) is 9.80 Å². The maximum absolute atomic E-state index is 12.5. The molecule has 0 aromatic rings. The average Bonchev–Trinajstić information content (AvgIpc) is 2.78. The zero-order valence-electron chi connectivity index (χ0n) is 13.4. The number of halogens is 3. The van der Waals surface area contributed by atoms with E-state index in [1.165, 1.54) is 32.1 Å². The van der Waals surface area contributed by atoms with Crippen LogP contribution in [0.3, 0.4) is 0 Å². The lowest BCUT2D eigenvalue weighted by Gasteiger charge is -2.25. The van der Waals surface area contributed by atoms with Gasteiger partial charge in [0, 0.05) is 32.6 Å². The number of hydrogen-bond acceptors (Lipinski definition) is 2. The molecule has 2 fully saturated rings. The Labute approximate surface area is 135 Å². The number of amides is 2. The van der Waals surface area contributed by atoms with Gasteiger partial charge in [0.15, 0.2) is 0 Å². The van der Waals surface area contributed by atoms with E-state index < -0.39 is 12.1 Å². The largest absolute Gasteiger partial charge is 0.471 e. The highest BCUT2D eigenvalue weighted by Gasteiger charge is 2.42. The van der Waals surface area contributed by atoms with Gasteiger partial charge in [-0.3, -0.25) is 9.59 Å². The Bertz CT molecular complexity index is 420. The van der Waals surface area contributed by atoms with Gasteiger partial charge in [-0.05, 0) is 18.8 Å². The molecule has 1 saturated carbocycles. The Kier molecular flexibility index (Phi) is 6.30. The topological polar surface area (TPSA) is 40.6 Å². The second-order valence-corrected chi connectivity index (χ2v) is 6.57. The lowest BCUT2D eigenvalue weighted by Crippen LogP contribution is -2.43. The lowest BCUT2D eigenvalue weighted by atomic mass is 9.86. The van der Waals surface area contributed by atoms with Crippen LogP contribution in [0.25, 0.3) is 0 Å². The molecule has 0 aromatic carbocycles. The predicted molar refractivity (Wildman–Crippen MR) is 79.6 cm³/mol. The van der Waals surface area contributed by atoms with Gasteiger partial charge in [0.25, 0.3) is 0 Å². The minimum absolute atomic E-state index is 0.0110. The number of rotatable bonds is 3. The molecule has 2 aliphatic rings. The van der Waals surface area contributed by atoms with E-state index in [2.05, 4.69) is 0 Å². The highest BCUT2D eigenvalue weighted by atomic mass is 19.4. The van der Waals surface area contributed by atoms with E-state index in [0.29, 0.717) is 25.3 Å². The first-order valence-electron chi connectivity index (χ1n) is 8.52. The molecule has 0 N–H and O–H groups in total. The van der Waals surface area contributed by atoms with Crippen LogP contribution in [-0.2, 0) is 9.59 Å². The van der Waals surface area contributed by atoms with Gasteiger partial charge in [-0.2, -0.15) is 13.2 Å². The van der Waals surface area contributed by atoms with Crippen LogP contribution in [0, 0.1) is 5.92 Å². The van der Waals surface area contributed by atoms with Gasteiger partial charge in [0.2, 0.25) is 5.91 Å². The number of carbonyl (C=O) groups is 2. The molecule has 0 aromatic heterocycles. The summed E-state index contributed by atoms with van der Waals surface area (Å²) in [5.74, 6) is -1.17. The van der Waals surface area contributed by atoms with E-state index in [0.717, 1.165) is 11.3 Å². The molecule has 0 spiro atoms. The zero-order valence-corrected chi connectivity index (χ0v) is 13.4. The second kappa shape index (κ2) is 8.02. The van der Waals surface area contributed by atoms with Gasteiger partial charge in [0.05, 0.1) is 0 Å². The van der Waals surface area contributed by atoms with Crippen molar-refractivity contribution in [1.29, 1.82) is 0 Å². The van der Waals surface area contributed by atoms with E-state index in [4.69, 9.17) is 0 Å². The molecule has 7 heteroatoms. The summed E-state index contributed by atoms with van der Waals surface area (Å²) in [6.07, 6.45) is 3.02. The van der Waals surface area contributed by atoms with Gasteiger partial charge in [-0.15, -0.1) is 0 Å². The first-order valence-corrected chi connectivity index (χ1v) is 8.52. The van der Waals surface area contributed by atoms with Gasteiger partial charge < -0.3 is 9.80 Å². The first kappa shape index (κ1) is 18.1. The Balaban J connectivity index is 1.78. The van der Waals surface area contributed by atoms with Crippen LogP contribution in [-0.4, -0.2) is 54.0 Å². The molecular weight excluding hydrogens is 309 g/mol. The van der Waals surface area contributed by atoms with Crippen LogP contribution in [0.4, 0.5) is 13.2 Å². The quantitative estimate of drug-likeness (QED) is 0.796. The molecule has 1 aliphatic carbocycles. The third-order valence-corrected chi connectivity index (χ3v) is 4.87. The van der Waals surface area contributed by atoms with Crippen molar-refractivity contribution in [2.45, 2.75) is 57.5 Å². The van der Waals surface area contributed by atoms with Gasteiger partial charge in [-0.1, -0.05) is 32.1 Å². The number of hydrogen-bond donors (Lipinski definition) is 0. The van der Waals surface area contributed by atoms with E-state index in [1.807, 2.05) is 0 Å². The third-order valence-electron chi connectivity index (χ3n) is 4.87. The third kappa shape index (κ3) is 5.39. The van der Waals surface area contributed by atoms with Crippen molar-refractivity contribution < 1.29 is 22.8 Å². The van der Waals surface area contributed by atoms with Crippen molar-refractivity contribution in [2.75, 3.05) is 26.2 Å². The number of nitrogens with zero attached hydrogens (tertiary/aromatic N) is 2. The van der Waals surface area contributed by atoms with Crippen LogP contribution in [0.1, 0.15) is 51.4 Å². The molecule has 132 valence electrons. The van der Waals surface area contributed by atoms with Crippen LogP contribution < -0.4 is 0 Å². The summed E-state index contributed by atoms with van der Waals surface area (Å²) in [5, 5.41) is 0. The lowest BCUT2D eigenvalue weighted by molar-refractivity contribution is -0.185. The molecule has 2 amide bonds. The Morgan fingerprint density at radius 2 is 1.48 bits per heavy atom. The number of alkyl halides is 3. The molecule has 4 nitrogen and oxygen atoms in total. The van der Waals surface area contributed by atoms with Gasteiger partial charge in [0.1, 0.15) is 0 Å². The van der Waals surface area contributed by atoms with Crippen LogP contribution in [0.15, 0.2) is 0 Å².